The predicted octanol–water partition coefficient (Wildman–Crippen LogP) is 3.60. The van der Waals surface area contributed by atoms with E-state index in [9.17, 15) is 9.59 Å². The Bertz CT molecular complexity index is 937. The van der Waals surface area contributed by atoms with E-state index in [-0.39, 0.29) is 12.5 Å². The monoisotopic (exact) mass is 391 g/mol. The summed E-state index contributed by atoms with van der Waals surface area (Å²) in [7, 11) is 1.31. The summed E-state index contributed by atoms with van der Waals surface area (Å²) in [4.78, 5) is 30.6. The molecule has 7 nitrogen and oxygen atoms in total. The van der Waals surface area contributed by atoms with Crippen molar-refractivity contribution in [3.63, 3.8) is 0 Å². The average Bonchev–Trinajstić information content (AvgIpc) is 3.29. The van der Waals surface area contributed by atoms with Crippen molar-refractivity contribution < 1.29 is 19.1 Å². The topological polar surface area (TPSA) is 93.3 Å². The number of hydrogen-bond donors (Lipinski definition) is 2. The number of halogens is 1. The van der Waals surface area contributed by atoms with Crippen molar-refractivity contribution in [3.05, 3.63) is 52.6 Å². The molecule has 0 aliphatic heterocycles. The van der Waals surface area contributed by atoms with Gasteiger partial charge in [0.05, 0.1) is 17.8 Å². The van der Waals surface area contributed by atoms with Crippen molar-refractivity contribution in [2.75, 3.05) is 19.0 Å². The minimum atomic E-state index is -0.461. The van der Waals surface area contributed by atoms with Gasteiger partial charge in [-0.1, -0.05) is 23.7 Å². The molecule has 26 heavy (non-hydrogen) atoms. The zero-order valence-electron chi connectivity index (χ0n) is 13.6. The highest BCUT2D eigenvalue weighted by Gasteiger charge is 2.13. The summed E-state index contributed by atoms with van der Waals surface area (Å²) in [5.74, 6) is -0.376. The molecule has 1 aromatic carbocycles. The van der Waals surface area contributed by atoms with Gasteiger partial charge in [-0.05, 0) is 18.2 Å². The Kier molecular flexibility index (Phi) is 5.55. The summed E-state index contributed by atoms with van der Waals surface area (Å²) in [5.41, 5.74) is 1.67. The van der Waals surface area contributed by atoms with Crippen LogP contribution in [0.5, 0.6) is 5.75 Å². The number of hydrogen-bond acceptors (Lipinski definition) is 6. The van der Waals surface area contributed by atoms with Crippen LogP contribution in [0, 0.1) is 0 Å². The number of rotatable bonds is 6. The molecule has 0 bridgehead atoms. The first-order valence-electron chi connectivity index (χ1n) is 7.46. The summed E-state index contributed by atoms with van der Waals surface area (Å²) >= 11 is 7.24. The molecule has 0 saturated carbocycles. The highest BCUT2D eigenvalue weighted by Crippen LogP contribution is 2.26. The fourth-order valence-electron chi connectivity index (χ4n) is 2.09. The van der Waals surface area contributed by atoms with Gasteiger partial charge in [-0.15, -0.1) is 11.3 Å². The number of benzene rings is 1. The Morgan fingerprint density at radius 1 is 1.35 bits per heavy atom. The number of esters is 1. The summed E-state index contributed by atoms with van der Waals surface area (Å²) < 4.78 is 10.0. The van der Waals surface area contributed by atoms with Crippen LogP contribution in [0.2, 0.25) is 5.02 Å². The predicted molar refractivity (Wildman–Crippen MR) is 98.8 cm³/mol. The maximum atomic E-state index is 12.0. The molecule has 0 aliphatic rings. The molecule has 1 amide bonds. The molecule has 9 heteroatoms. The molecule has 0 saturated heterocycles. The minimum Gasteiger partial charge on any atom is -0.482 e. The second kappa shape index (κ2) is 8.03. The largest absolute Gasteiger partial charge is 0.482 e. The van der Waals surface area contributed by atoms with Gasteiger partial charge in [0.1, 0.15) is 11.4 Å². The standard InChI is InChI=1S/C17H14ClN3O4S/c1-24-16(23)12-6-10(7-19-12)13-9-26-17(20-13)21-15(22)8-25-14-5-3-2-4-11(14)18/h2-7,9,19H,8H2,1H3,(H,20,21,22). The molecule has 2 aromatic heterocycles. The molecule has 2 heterocycles. The Hall–Kier alpha value is -2.84. The normalized spacial score (nSPS) is 10.4. The molecule has 0 radical (unpaired) electrons. The lowest BCUT2D eigenvalue weighted by molar-refractivity contribution is -0.118. The number of aromatic nitrogens is 2. The van der Waals surface area contributed by atoms with Gasteiger partial charge in [0, 0.05) is 17.1 Å². The number of aromatic amines is 1. The van der Waals surface area contributed by atoms with Crippen LogP contribution in [0.15, 0.2) is 41.9 Å². The fourth-order valence-corrected chi connectivity index (χ4v) is 3.02. The number of nitrogens with zero attached hydrogens (tertiary/aromatic N) is 1. The second-order valence-electron chi connectivity index (χ2n) is 5.10. The van der Waals surface area contributed by atoms with E-state index in [4.69, 9.17) is 16.3 Å². The summed E-state index contributed by atoms with van der Waals surface area (Å²) in [6.07, 6.45) is 1.65. The number of methoxy groups -OCH3 is 1. The van der Waals surface area contributed by atoms with Crippen LogP contribution in [0.1, 0.15) is 10.5 Å². The number of carbonyl (C=O) groups excluding carboxylic acids is 2. The molecule has 0 unspecified atom stereocenters. The van der Waals surface area contributed by atoms with E-state index in [0.717, 1.165) is 5.56 Å². The zero-order valence-corrected chi connectivity index (χ0v) is 15.2. The zero-order chi connectivity index (χ0) is 18.5. The molecule has 134 valence electrons. The number of carbonyl (C=O) groups is 2. The molecule has 0 fully saturated rings. The van der Waals surface area contributed by atoms with Crippen molar-refractivity contribution in [1.29, 1.82) is 0 Å². The third-order valence-corrected chi connectivity index (χ3v) is 4.40. The SMILES string of the molecule is COC(=O)c1cc(-c2csc(NC(=O)COc3ccccc3Cl)n2)c[nH]1. The average molecular weight is 392 g/mol. The van der Waals surface area contributed by atoms with E-state index >= 15 is 0 Å². The van der Waals surface area contributed by atoms with Crippen LogP contribution in [-0.2, 0) is 9.53 Å². The lowest BCUT2D eigenvalue weighted by Crippen LogP contribution is -2.20. The maximum absolute atomic E-state index is 12.0. The van der Waals surface area contributed by atoms with Crippen LogP contribution in [0.25, 0.3) is 11.3 Å². The lowest BCUT2D eigenvalue weighted by atomic mass is 10.2. The molecular weight excluding hydrogens is 378 g/mol. The van der Waals surface area contributed by atoms with E-state index < -0.39 is 5.97 Å². The molecule has 0 aliphatic carbocycles. The van der Waals surface area contributed by atoms with Gasteiger partial charge in [-0.3, -0.25) is 10.1 Å². The first-order chi connectivity index (χ1) is 12.6. The molecule has 0 atom stereocenters. The molecule has 0 spiro atoms. The highest BCUT2D eigenvalue weighted by molar-refractivity contribution is 7.14. The van der Waals surface area contributed by atoms with Gasteiger partial charge in [0.15, 0.2) is 11.7 Å². The van der Waals surface area contributed by atoms with Gasteiger partial charge in [-0.2, -0.15) is 0 Å². The van der Waals surface area contributed by atoms with Crippen molar-refractivity contribution >= 4 is 39.9 Å². The van der Waals surface area contributed by atoms with Crippen molar-refractivity contribution in [3.8, 4) is 17.0 Å². The number of amides is 1. The first kappa shape index (κ1) is 18.0. The highest BCUT2D eigenvalue weighted by atomic mass is 35.5. The third kappa shape index (κ3) is 4.22. The Morgan fingerprint density at radius 2 is 2.15 bits per heavy atom. The van der Waals surface area contributed by atoms with E-state index in [1.807, 2.05) is 0 Å². The van der Waals surface area contributed by atoms with Crippen molar-refractivity contribution in [2.24, 2.45) is 0 Å². The Balaban J connectivity index is 1.59. The number of nitrogens with one attached hydrogen (secondary N) is 2. The first-order valence-corrected chi connectivity index (χ1v) is 8.72. The van der Waals surface area contributed by atoms with Crippen LogP contribution < -0.4 is 10.1 Å². The number of ether oxygens (including phenoxy) is 2. The van der Waals surface area contributed by atoms with Crippen LogP contribution in [0.4, 0.5) is 5.13 Å². The Labute approximate surface area is 157 Å². The van der Waals surface area contributed by atoms with E-state index in [1.54, 1.807) is 41.9 Å². The second-order valence-corrected chi connectivity index (χ2v) is 6.36. The van der Waals surface area contributed by atoms with Gasteiger partial charge < -0.3 is 14.5 Å². The quantitative estimate of drug-likeness (QED) is 0.626. The van der Waals surface area contributed by atoms with E-state index in [1.165, 1.54) is 18.4 Å². The summed E-state index contributed by atoms with van der Waals surface area (Å²) in [5, 5.41) is 5.29. The number of thiazole rings is 1. The van der Waals surface area contributed by atoms with Crippen molar-refractivity contribution in [2.45, 2.75) is 0 Å². The van der Waals surface area contributed by atoms with Gasteiger partial charge in [0.25, 0.3) is 5.91 Å². The molecule has 3 aromatic rings. The summed E-state index contributed by atoms with van der Waals surface area (Å²) in [6.45, 7) is -0.185. The smallest absolute Gasteiger partial charge is 0.354 e. The van der Waals surface area contributed by atoms with Gasteiger partial charge >= 0.3 is 5.97 Å². The third-order valence-electron chi connectivity index (χ3n) is 3.33. The maximum Gasteiger partial charge on any atom is 0.354 e. The molecule has 3 rings (SSSR count). The number of anilines is 1. The number of H-pyrrole nitrogens is 1. The lowest BCUT2D eigenvalue weighted by Gasteiger charge is -2.06. The van der Waals surface area contributed by atoms with Crippen LogP contribution >= 0.6 is 22.9 Å². The summed E-state index contributed by atoms with van der Waals surface area (Å²) in [6, 6.07) is 8.54. The van der Waals surface area contributed by atoms with Crippen LogP contribution in [-0.4, -0.2) is 35.6 Å². The van der Waals surface area contributed by atoms with Crippen LogP contribution in [0.3, 0.4) is 0 Å². The fraction of sp³-hybridized carbons (Fsp3) is 0.118. The Morgan fingerprint density at radius 3 is 2.92 bits per heavy atom. The van der Waals surface area contributed by atoms with E-state index in [2.05, 4.69) is 20.0 Å². The molecular formula is C17H14ClN3O4S. The number of para-hydroxylation sites is 1. The minimum absolute atomic E-state index is 0.185. The van der Waals surface area contributed by atoms with Gasteiger partial charge in [0.2, 0.25) is 0 Å². The van der Waals surface area contributed by atoms with Gasteiger partial charge in [-0.25, -0.2) is 9.78 Å². The molecule has 2 N–H and O–H groups in total. The van der Waals surface area contributed by atoms with E-state index in [0.29, 0.717) is 27.3 Å². The van der Waals surface area contributed by atoms with Crippen molar-refractivity contribution in [1.82, 2.24) is 9.97 Å².